The zero-order chi connectivity index (χ0) is 25.4. The van der Waals surface area contributed by atoms with Gasteiger partial charge < -0.3 is 15.5 Å². The molecule has 0 aliphatic carbocycles. The molecular formula is C26H31N5O3S. The Balaban J connectivity index is 1.66. The normalized spacial score (nSPS) is 11.3. The lowest BCUT2D eigenvalue weighted by Crippen LogP contribution is -2.25. The maximum atomic E-state index is 11.0. The predicted octanol–water partition coefficient (Wildman–Crippen LogP) is 5.32. The molecule has 9 heteroatoms. The highest BCUT2D eigenvalue weighted by Gasteiger charge is 2.19. The molecule has 35 heavy (non-hydrogen) atoms. The zero-order valence-corrected chi connectivity index (χ0v) is 21.0. The fourth-order valence-electron chi connectivity index (χ4n) is 3.71. The summed E-state index contributed by atoms with van der Waals surface area (Å²) < 4.78 is 1.64. The Hall–Kier alpha value is -3.72. The number of anilines is 1. The predicted molar refractivity (Wildman–Crippen MR) is 143 cm³/mol. The first kappa shape index (κ1) is 25.9. The number of carboxylic acids is 1. The first-order chi connectivity index (χ1) is 16.8. The number of hydrazone groups is 1. The van der Waals surface area contributed by atoms with Gasteiger partial charge in [-0.1, -0.05) is 50.5 Å². The van der Waals surface area contributed by atoms with Gasteiger partial charge in [0.05, 0.1) is 11.3 Å². The summed E-state index contributed by atoms with van der Waals surface area (Å²) in [6.45, 7) is 3.93. The van der Waals surface area contributed by atoms with E-state index in [1.54, 1.807) is 30.8 Å². The molecule has 8 nitrogen and oxygen atoms in total. The Morgan fingerprint density at radius 1 is 1.09 bits per heavy atom. The molecule has 0 amide bonds. The quantitative estimate of drug-likeness (QED) is 0.131. The molecule has 0 aliphatic rings. The number of nitrogens with one attached hydrogen (secondary N) is 2. The number of aromatic nitrogens is 2. The minimum atomic E-state index is -0.995. The second kappa shape index (κ2) is 12.1. The molecule has 0 radical (unpaired) electrons. The van der Waals surface area contributed by atoms with E-state index in [9.17, 15) is 9.90 Å². The maximum Gasteiger partial charge on any atom is 0.335 e. The van der Waals surface area contributed by atoms with Crippen LogP contribution in [-0.4, -0.2) is 36.8 Å². The monoisotopic (exact) mass is 493 g/mol. The highest BCUT2D eigenvalue weighted by atomic mass is 32.1. The molecule has 0 bridgehead atoms. The lowest BCUT2D eigenvalue weighted by Gasteiger charge is -2.08. The molecule has 1 heterocycles. The van der Waals surface area contributed by atoms with Gasteiger partial charge in [0.15, 0.2) is 16.6 Å². The molecular weight excluding hydrogens is 462 g/mol. The van der Waals surface area contributed by atoms with Crippen LogP contribution in [0.25, 0.3) is 11.3 Å². The van der Waals surface area contributed by atoms with Gasteiger partial charge in [0.2, 0.25) is 0 Å². The number of hydrogen-bond donors (Lipinski definition) is 4. The van der Waals surface area contributed by atoms with Crippen molar-refractivity contribution in [2.75, 3.05) is 5.32 Å². The summed E-state index contributed by atoms with van der Waals surface area (Å²) in [7, 11) is 1.78. The molecule has 4 N–H and O–H groups in total. The molecule has 184 valence electrons. The van der Waals surface area contributed by atoms with Crippen molar-refractivity contribution in [1.82, 2.24) is 15.2 Å². The van der Waals surface area contributed by atoms with Gasteiger partial charge in [-0.3, -0.25) is 10.1 Å². The van der Waals surface area contributed by atoms with Gasteiger partial charge in [0, 0.05) is 18.3 Å². The van der Waals surface area contributed by atoms with Gasteiger partial charge in [-0.2, -0.15) is 10.2 Å². The SMILES string of the molecule is CCCCCCc1ccc(-c2c(O)c(C(C)=NNC(=S)Nc3ccc(C(=O)O)cc3)nn2C)cc1. The van der Waals surface area contributed by atoms with Crippen LogP contribution in [0.4, 0.5) is 5.69 Å². The largest absolute Gasteiger partial charge is 0.504 e. The van der Waals surface area contributed by atoms with Crippen LogP contribution in [0.15, 0.2) is 53.6 Å². The third kappa shape index (κ3) is 6.89. The number of aromatic carboxylic acids is 1. The van der Waals surface area contributed by atoms with Crippen molar-refractivity contribution in [2.45, 2.75) is 46.0 Å². The first-order valence-electron chi connectivity index (χ1n) is 11.6. The average Bonchev–Trinajstić information content (AvgIpc) is 3.15. The molecule has 3 aromatic rings. The zero-order valence-electron chi connectivity index (χ0n) is 20.2. The third-order valence-corrected chi connectivity index (χ3v) is 5.82. The second-order valence-corrected chi connectivity index (χ2v) is 8.73. The van der Waals surface area contributed by atoms with E-state index in [0.29, 0.717) is 22.8 Å². The lowest BCUT2D eigenvalue weighted by molar-refractivity contribution is 0.0697. The molecule has 3 rings (SSSR count). The number of unbranched alkanes of at least 4 members (excludes halogenated alkanes) is 3. The molecule has 0 aliphatic heterocycles. The fourth-order valence-corrected chi connectivity index (χ4v) is 3.87. The van der Waals surface area contributed by atoms with Crippen molar-refractivity contribution in [3.05, 3.63) is 65.4 Å². The van der Waals surface area contributed by atoms with Crippen LogP contribution in [-0.2, 0) is 13.5 Å². The van der Waals surface area contributed by atoms with E-state index in [1.165, 1.54) is 43.4 Å². The van der Waals surface area contributed by atoms with E-state index in [0.717, 1.165) is 12.0 Å². The number of thiocarbonyl (C=S) groups is 1. The Morgan fingerprint density at radius 3 is 2.40 bits per heavy atom. The van der Waals surface area contributed by atoms with E-state index in [4.69, 9.17) is 17.3 Å². The standard InChI is InChI=1S/C26H31N5O3S/c1-4-5-6-7-8-18-9-11-19(12-10-18)23-24(32)22(30-31(23)3)17(2)28-29-26(35)27-21-15-13-20(14-16-21)25(33)34/h9-16,32H,4-8H2,1-3H3,(H,33,34)(H2,27,29,35). The number of carboxylic acid groups (broad SMARTS) is 1. The molecule has 1 aromatic heterocycles. The minimum absolute atomic E-state index is 0.0504. The van der Waals surface area contributed by atoms with Gasteiger partial charge >= 0.3 is 5.97 Å². The van der Waals surface area contributed by atoms with Gasteiger partial charge in [-0.25, -0.2) is 4.79 Å². The van der Waals surface area contributed by atoms with Gasteiger partial charge in [0.25, 0.3) is 0 Å². The van der Waals surface area contributed by atoms with E-state index in [2.05, 4.69) is 40.0 Å². The van der Waals surface area contributed by atoms with Crippen LogP contribution in [0.5, 0.6) is 5.75 Å². The van der Waals surface area contributed by atoms with Crippen molar-refractivity contribution in [2.24, 2.45) is 12.1 Å². The topological polar surface area (TPSA) is 112 Å². The van der Waals surface area contributed by atoms with Gasteiger partial charge in [-0.15, -0.1) is 0 Å². The summed E-state index contributed by atoms with van der Waals surface area (Å²) in [6, 6.07) is 14.4. The molecule has 0 atom stereocenters. The number of carbonyl (C=O) groups is 1. The smallest absolute Gasteiger partial charge is 0.335 e. The van der Waals surface area contributed by atoms with Crippen molar-refractivity contribution in [3.63, 3.8) is 0 Å². The summed E-state index contributed by atoms with van der Waals surface area (Å²) >= 11 is 5.25. The van der Waals surface area contributed by atoms with Gasteiger partial charge in [-0.05, 0) is 61.8 Å². The van der Waals surface area contributed by atoms with Crippen molar-refractivity contribution in [3.8, 4) is 17.0 Å². The van der Waals surface area contributed by atoms with Crippen LogP contribution >= 0.6 is 12.2 Å². The Bertz CT molecular complexity index is 1200. The van der Waals surface area contributed by atoms with E-state index < -0.39 is 5.97 Å². The fraction of sp³-hybridized carbons (Fsp3) is 0.308. The molecule has 0 saturated carbocycles. The maximum absolute atomic E-state index is 11.0. The molecule has 0 fully saturated rings. The highest BCUT2D eigenvalue weighted by Crippen LogP contribution is 2.32. The summed E-state index contributed by atoms with van der Waals surface area (Å²) in [5.41, 5.74) is 7.13. The van der Waals surface area contributed by atoms with Crippen molar-refractivity contribution in [1.29, 1.82) is 0 Å². The molecule has 0 spiro atoms. The highest BCUT2D eigenvalue weighted by molar-refractivity contribution is 7.80. The van der Waals surface area contributed by atoms with Crippen LogP contribution in [0.2, 0.25) is 0 Å². The summed E-state index contributed by atoms with van der Waals surface area (Å²) in [5, 5.41) is 31.7. The molecule has 2 aromatic carbocycles. The minimum Gasteiger partial charge on any atom is -0.504 e. The van der Waals surface area contributed by atoms with Gasteiger partial charge in [0.1, 0.15) is 5.69 Å². The number of benzene rings is 2. The summed E-state index contributed by atoms with van der Waals surface area (Å²) in [6.07, 6.45) is 5.97. The van der Waals surface area contributed by atoms with E-state index in [-0.39, 0.29) is 16.4 Å². The van der Waals surface area contributed by atoms with E-state index >= 15 is 0 Å². The van der Waals surface area contributed by atoms with E-state index in [1.807, 2.05) is 12.1 Å². The third-order valence-electron chi connectivity index (χ3n) is 5.63. The lowest BCUT2D eigenvalue weighted by atomic mass is 10.0. The first-order valence-corrected chi connectivity index (χ1v) is 12.0. The Morgan fingerprint density at radius 2 is 1.77 bits per heavy atom. The Labute approximate surface area is 210 Å². The summed E-state index contributed by atoms with van der Waals surface area (Å²) in [5.74, 6) is -0.945. The number of aryl methyl sites for hydroxylation is 2. The van der Waals surface area contributed by atoms with Crippen LogP contribution in [0.1, 0.15) is 61.1 Å². The number of hydrogen-bond acceptors (Lipinski definition) is 5. The second-order valence-electron chi connectivity index (χ2n) is 8.32. The number of nitrogens with zero attached hydrogens (tertiary/aromatic N) is 3. The van der Waals surface area contributed by atoms with Crippen molar-refractivity contribution < 1.29 is 15.0 Å². The number of aromatic hydroxyl groups is 1. The molecule has 0 saturated heterocycles. The van der Waals surface area contributed by atoms with Crippen LogP contribution in [0, 0.1) is 0 Å². The summed E-state index contributed by atoms with van der Waals surface area (Å²) in [4.78, 5) is 11.0. The Kier molecular flexibility index (Phi) is 8.97. The van der Waals surface area contributed by atoms with Crippen molar-refractivity contribution >= 4 is 34.7 Å². The number of rotatable bonds is 10. The van der Waals surface area contributed by atoms with Crippen LogP contribution in [0.3, 0.4) is 0 Å². The average molecular weight is 494 g/mol. The molecule has 0 unspecified atom stereocenters. The van der Waals surface area contributed by atoms with Crippen LogP contribution < -0.4 is 10.7 Å².